The second-order valence-corrected chi connectivity index (χ2v) is 9.12. The third-order valence-corrected chi connectivity index (χ3v) is 6.70. The van der Waals surface area contributed by atoms with Crippen LogP contribution in [0, 0.1) is 0 Å². The fraction of sp³-hybridized carbons (Fsp3) is 0.773. The maximum absolute atomic E-state index is 12.6. The van der Waals surface area contributed by atoms with Crippen LogP contribution in [0.25, 0.3) is 0 Å². The summed E-state index contributed by atoms with van der Waals surface area (Å²) < 4.78 is 5.94. The van der Waals surface area contributed by atoms with E-state index in [-0.39, 0.29) is 12.0 Å². The Kier molecular flexibility index (Phi) is 6.73. The molecule has 0 atom stereocenters. The van der Waals surface area contributed by atoms with Crippen molar-refractivity contribution >= 4 is 17.5 Å². The van der Waals surface area contributed by atoms with Crippen molar-refractivity contribution in [2.45, 2.75) is 70.9 Å². The first kappa shape index (κ1) is 21.3. The van der Waals surface area contributed by atoms with Crippen LogP contribution in [0.1, 0.15) is 57.9 Å². The lowest BCUT2D eigenvalue weighted by Crippen LogP contribution is -2.49. The number of nitrogens with zero attached hydrogens (tertiary/aromatic N) is 5. The van der Waals surface area contributed by atoms with Gasteiger partial charge in [-0.05, 0) is 58.9 Å². The molecule has 166 valence electrons. The van der Waals surface area contributed by atoms with Crippen LogP contribution >= 0.6 is 0 Å². The molecule has 0 spiro atoms. The smallest absolute Gasteiger partial charge is 0.320 e. The monoisotopic (exact) mass is 416 g/mol. The number of nitrogens with two attached hydrogens (primary N) is 1. The number of rotatable bonds is 8. The number of amides is 1. The van der Waals surface area contributed by atoms with Crippen molar-refractivity contribution in [1.82, 2.24) is 19.8 Å². The number of piperazine rings is 1. The van der Waals surface area contributed by atoms with Gasteiger partial charge in [0, 0.05) is 44.3 Å². The molecule has 0 unspecified atom stereocenters. The number of ether oxygens (including phenoxy) is 1. The Labute approximate surface area is 179 Å². The minimum atomic E-state index is 0.0644. The highest BCUT2D eigenvalue weighted by Gasteiger charge is 2.32. The number of anilines is 2. The topological polar surface area (TPSA) is 87.8 Å². The Balaban J connectivity index is 1.29. The quantitative estimate of drug-likeness (QED) is 0.649. The third kappa shape index (κ3) is 4.86. The normalized spacial score (nSPS) is 21.0. The van der Waals surface area contributed by atoms with Crippen molar-refractivity contribution in [1.29, 1.82) is 0 Å². The van der Waals surface area contributed by atoms with Gasteiger partial charge in [0.05, 0.1) is 6.42 Å². The van der Waals surface area contributed by atoms with Crippen LogP contribution in [0.3, 0.4) is 0 Å². The molecule has 4 rings (SSSR count). The van der Waals surface area contributed by atoms with E-state index in [9.17, 15) is 4.79 Å². The van der Waals surface area contributed by atoms with Crippen molar-refractivity contribution in [2.24, 2.45) is 0 Å². The number of carbonyl (C=O) groups is 1. The molecule has 0 aromatic carbocycles. The van der Waals surface area contributed by atoms with Gasteiger partial charge in [-0.25, -0.2) is 0 Å². The van der Waals surface area contributed by atoms with Crippen LogP contribution in [0.2, 0.25) is 0 Å². The second kappa shape index (κ2) is 9.47. The summed E-state index contributed by atoms with van der Waals surface area (Å²) in [5, 5.41) is 0. The summed E-state index contributed by atoms with van der Waals surface area (Å²) in [5.41, 5.74) is 6.89. The predicted molar refractivity (Wildman–Crippen MR) is 118 cm³/mol. The van der Waals surface area contributed by atoms with Gasteiger partial charge in [0.15, 0.2) is 0 Å². The Morgan fingerprint density at radius 1 is 1.07 bits per heavy atom. The van der Waals surface area contributed by atoms with Crippen LogP contribution in [0.15, 0.2) is 0 Å². The molecule has 30 heavy (non-hydrogen) atoms. The predicted octanol–water partition coefficient (Wildman–Crippen LogP) is 2.08. The summed E-state index contributed by atoms with van der Waals surface area (Å²) in [6.45, 7) is 10.9. The first-order valence-electron chi connectivity index (χ1n) is 11.6. The zero-order valence-electron chi connectivity index (χ0n) is 18.5. The van der Waals surface area contributed by atoms with Gasteiger partial charge >= 0.3 is 6.01 Å². The van der Waals surface area contributed by atoms with Gasteiger partial charge in [0.1, 0.15) is 17.7 Å². The number of hydrogen-bond donors (Lipinski definition) is 1. The Bertz CT molecular complexity index is 741. The van der Waals surface area contributed by atoms with E-state index in [0.29, 0.717) is 36.7 Å². The summed E-state index contributed by atoms with van der Waals surface area (Å²) >= 11 is 0. The highest BCUT2D eigenvalue weighted by molar-refractivity contribution is 6.01. The summed E-state index contributed by atoms with van der Waals surface area (Å²) in [5.74, 6) is 1.10. The van der Waals surface area contributed by atoms with Crippen molar-refractivity contribution < 1.29 is 9.53 Å². The van der Waals surface area contributed by atoms with Crippen molar-refractivity contribution in [2.75, 3.05) is 49.9 Å². The molecule has 1 saturated heterocycles. The van der Waals surface area contributed by atoms with E-state index in [0.717, 1.165) is 64.0 Å². The molecular weight excluding hydrogens is 380 g/mol. The van der Waals surface area contributed by atoms with Gasteiger partial charge in [0.2, 0.25) is 5.91 Å². The molecule has 2 aliphatic heterocycles. The largest absolute Gasteiger partial charge is 0.460 e. The molecule has 1 aromatic rings. The maximum atomic E-state index is 12.6. The lowest BCUT2D eigenvalue weighted by atomic mass is 10.2. The number of nitrogen functional groups attached to an aromatic ring is 1. The van der Waals surface area contributed by atoms with E-state index in [4.69, 9.17) is 10.5 Å². The fourth-order valence-corrected chi connectivity index (χ4v) is 4.77. The lowest BCUT2D eigenvalue weighted by Gasteiger charge is -2.37. The molecule has 2 fully saturated rings. The number of unbranched alkanes of at least 4 members (excludes halogenated alkanes) is 1. The molecule has 0 radical (unpaired) electrons. The Hall–Kier alpha value is -1.93. The number of fused-ring (bicyclic) bond motifs is 1. The van der Waals surface area contributed by atoms with E-state index in [1.165, 1.54) is 12.8 Å². The third-order valence-electron chi connectivity index (χ3n) is 6.70. The zero-order chi connectivity index (χ0) is 21.1. The SMILES string of the molecule is CC(C)N1CCN(CCCCN2C(=O)Cc3c(N)nc(OC4CCCC4)nc32)CC1. The summed E-state index contributed by atoms with van der Waals surface area (Å²) in [6, 6.07) is 0.950. The summed E-state index contributed by atoms with van der Waals surface area (Å²) in [7, 11) is 0. The lowest BCUT2D eigenvalue weighted by molar-refractivity contribution is -0.117. The van der Waals surface area contributed by atoms with Crippen LogP contribution in [0.4, 0.5) is 11.6 Å². The van der Waals surface area contributed by atoms with Crippen LogP contribution in [0.5, 0.6) is 6.01 Å². The van der Waals surface area contributed by atoms with Crippen LogP contribution < -0.4 is 15.4 Å². The molecule has 1 aromatic heterocycles. The van der Waals surface area contributed by atoms with E-state index in [1.807, 2.05) is 0 Å². The average molecular weight is 417 g/mol. The van der Waals surface area contributed by atoms with Gasteiger partial charge in [-0.2, -0.15) is 9.97 Å². The van der Waals surface area contributed by atoms with Gasteiger partial charge in [-0.15, -0.1) is 0 Å². The molecule has 8 nitrogen and oxygen atoms in total. The average Bonchev–Trinajstić information content (AvgIpc) is 3.34. The van der Waals surface area contributed by atoms with E-state index < -0.39 is 0 Å². The maximum Gasteiger partial charge on any atom is 0.320 e. The Morgan fingerprint density at radius 3 is 2.47 bits per heavy atom. The fourth-order valence-electron chi connectivity index (χ4n) is 4.77. The number of aromatic nitrogens is 2. The van der Waals surface area contributed by atoms with Gasteiger partial charge in [0.25, 0.3) is 0 Å². The Morgan fingerprint density at radius 2 is 1.77 bits per heavy atom. The highest BCUT2D eigenvalue weighted by Crippen LogP contribution is 2.33. The van der Waals surface area contributed by atoms with Crippen molar-refractivity contribution in [3.63, 3.8) is 0 Å². The molecule has 0 bridgehead atoms. The molecule has 1 amide bonds. The van der Waals surface area contributed by atoms with E-state index in [1.54, 1.807) is 4.90 Å². The minimum Gasteiger partial charge on any atom is -0.460 e. The molecule has 8 heteroatoms. The van der Waals surface area contributed by atoms with Crippen LogP contribution in [-0.4, -0.2) is 77.1 Å². The first-order valence-corrected chi connectivity index (χ1v) is 11.6. The summed E-state index contributed by atoms with van der Waals surface area (Å²) in [4.78, 5) is 28.3. The van der Waals surface area contributed by atoms with Gasteiger partial charge in [-0.3, -0.25) is 14.6 Å². The highest BCUT2D eigenvalue weighted by atomic mass is 16.5. The zero-order valence-corrected chi connectivity index (χ0v) is 18.5. The van der Waals surface area contributed by atoms with E-state index >= 15 is 0 Å². The molecule has 2 N–H and O–H groups in total. The van der Waals surface area contributed by atoms with Crippen molar-refractivity contribution in [3.8, 4) is 6.01 Å². The summed E-state index contributed by atoms with van der Waals surface area (Å²) in [6.07, 6.45) is 6.93. The van der Waals surface area contributed by atoms with Gasteiger partial charge in [-0.1, -0.05) is 0 Å². The van der Waals surface area contributed by atoms with Crippen molar-refractivity contribution in [3.05, 3.63) is 5.56 Å². The number of carbonyl (C=O) groups excluding carboxylic acids is 1. The first-order chi connectivity index (χ1) is 14.5. The molecular formula is C22H36N6O2. The van der Waals surface area contributed by atoms with Crippen LogP contribution in [-0.2, 0) is 11.2 Å². The molecule has 3 heterocycles. The second-order valence-electron chi connectivity index (χ2n) is 9.12. The molecule has 3 aliphatic rings. The van der Waals surface area contributed by atoms with E-state index in [2.05, 4.69) is 33.6 Å². The molecule has 1 aliphatic carbocycles. The number of hydrogen-bond acceptors (Lipinski definition) is 7. The standard InChI is InChI=1S/C22H36N6O2/c1-16(2)27-13-11-26(12-14-27)9-5-6-10-28-19(29)15-18-20(23)24-22(25-21(18)28)30-17-7-3-4-8-17/h16-17H,3-15H2,1-2H3,(H2,23,24,25). The van der Waals surface area contributed by atoms with Gasteiger partial charge < -0.3 is 15.4 Å². The molecule has 1 saturated carbocycles. The minimum absolute atomic E-state index is 0.0644.